The highest BCUT2D eigenvalue weighted by molar-refractivity contribution is 6.03. The van der Waals surface area contributed by atoms with Crippen molar-refractivity contribution in [1.29, 1.82) is 0 Å². The van der Waals surface area contributed by atoms with E-state index in [9.17, 15) is 4.79 Å². The summed E-state index contributed by atoms with van der Waals surface area (Å²) in [6.45, 7) is 0.669. The molecule has 3 rings (SSSR count). The van der Waals surface area contributed by atoms with Crippen molar-refractivity contribution >= 4 is 11.6 Å². The zero-order valence-corrected chi connectivity index (χ0v) is 10.7. The van der Waals surface area contributed by atoms with Gasteiger partial charge in [-0.2, -0.15) is 10.2 Å². The first-order valence-electron chi connectivity index (χ1n) is 6.18. The molecule has 0 fully saturated rings. The average molecular weight is 267 g/mol. The van der Waals surface area contributed by atoms with Gasteiger partial charge in [-0.15, -0.1) is 0 Å². The lowest BCUT2D eigenvalue weighted by molar-refractivity contribution is 0.102. The first-order valence-corrected chi connectivity index (χ1v) is 6.18. The largest absolute Gasteiger partial charge is 0.319 e. The number of aromatic amines is 1. The highest BCUT2D eigenvalue weighted by Crippen LogP contribution is 2.09. The normalized spacial score (nSPS) is 10.4. The number of nitrogens with one attached hydrogen (secondary N) is 2. The molecule has 0 atom stereocenters. The molecule has 0 aliphatic rings. The van der Waals surface area contributed by atoms with E-state index in [4.69, 9.17) is 0 Å². The Hall–Kier alpha value is -2.89. The molecule has 2 heterocycles. The van der Waals surface area contributed by atoms with Gasteiger partial charge in [0.2, 0.25) is 0 Å². The molecule has 6 heteroatoms. The SMILES string of the molecule is O=C(Nc1cnn(Cc2ccccc2)c1)c1cn[nH]c1. The highest BCUT2D eigenvalue weighted by Gasteiger charge is 2.08. The number of benzene rings is 1. The zero-order chi connectivity index (χ0) is 13.8. The quantitative estimate of drug-likeness (QED) is 0.758. The van der Waals surface area contributed by atoms with Gasteiger partial charge in [-0.1, -0.05) is 30.3 Å². The second-order valence-corrected chi connectivity index (χ2v) is 4.35. The second kappa shape index (κ2) is 5.40. The van der Waals surface area contributed by atoms with Gasteiger partial charge < -0.3 is 5.32 Å². The predicted octanol–water partition coefficient (Wildman–Crippen LogP) is 1.91. The molecule has 0 saturated carbocycles. The van der Waals surface area contributed by atoms with E-state index < -0.39 is 0 Å². The number of rotatable bonds is 4. The van der Waals surface area contributed by atoms with Gasteiger partial charge in [-0.25, -0.2) is 0 Å². The van der Waals surface area contributed by atoms with Crippen LogP contribution in [0, 0.1) is 0 Å². The maximum atomic E-state index is 11.8. The van der Waals surface area contributed by atoms with Crippen LogP contribution < -0.4 is 5.32 Å². The Morgan fingerprint density at radius 1 is 1.25 bits per heavy atom. The Labute approximate surface area is 115 Å². The summed E-state index contributed by atoms with van der Waals surface area (Å²) in [4.78, 5) is 11.8. The van der Waals surface area contributed by atoms with E-state index in [2.05, 4.69) is 20.6 Å². The van der Waals surface area contributed by atoms with Gasteiger partial charge in [0.15, 0.2) is 0 Å². The third-order valence-corrected chi connectivity index (χ3v) is 2.84. The molecular formula is C14H13N5O. The summed E-state index contributed by atoms with van der Waals surface area (Å²) in [5.74, 6) is -0.210. The predicted molar refractivity (Wildman–Crippen MR) is 74.3 cm³/mol. The fourth-order valence-electron chi connectivity index (χ4n) is 1.86. The summed E-state index contributed by atoms with van der Waals surface area (Å²) in [6.07, 6.45) is 6.44. The van der Waals surface area contributed by atoms with Crippen LogP contribution in [0.2, 0.25) is 0 Å². The second-order valence-electron chi connectivity index (χ2n) is 4.35. The van der Waals surface area contributed by atoms with E-state index in [0.717, 1.165) is 5.56 Å². The molecule has 0 bridgehead atoms. The van der Waals surface area contributed by atoms with E-state index in [1.807, 2.05) is 30.3 Å². The Kier molecular flexibility index (Phi) is 3.28. The fraction of sp³-hybridized carbons (Fsp3) is 0.0714. The Morgan fingerprint density at radius 2 is 2.10 bits per heavy atom. The molecule has 6 nitrogen and oxygen atoms in total. The first-order chi connectivity index (χ1) is 9.81. The summed E-state index contributed by atoms with van der Waals surface area (Å²) in [7, 11) is 0. The van der Waals surface area contributed by atoms with E-state index in [-0.39, 0.29) is 5.91 Å². The maximum Gasteiger partial charge on any atom is 0.258 e. The summed E-state index contributed by atoms with van der Waals surface area (Å²) < 4.78 is 1.78. The van der Waals surface area contributed by atoms with Crippen molar-refractivity contribution in [3.05, 3.63) is 66.2 Å². The van der Waals surface area contributed by atoms with Gasteiger partial charge in [0, 0.05) is 12.4 Å². The zero-order valence-electron chi connectivity index (χ0n) is 10.7. The molecule has 3 aromatic rings. The van der Waals surface area contributed by atoms with Crippen molar-refractivity contribution in [3.8, 4) is 0 Å². The summed E-state index contributed by atoms with van der Waals surface area (Å²) in [5, 5.41) is 13.3. The molecule has 0 aliphatic heterocycles. The van der Waals surface area contributed by atoms with E-state index in [1.165, 1.54) is 6.20 Å². The molecule has 2 aromatic heterocycles. The minimum atomic E-state index is -0.210. The number of hydrogen-bond acceptors (Lipinski definition) is 3. The topological polar surface area (TPSA) is 75.6 Å². The van der Waals surface area contributed by atoms with Crippen LogP contribution in [-0.4, -0.2) is 25.9 Å². The number of H-pyrrole nitrogens is 1. The molecule has 0 aliphatic carbocycles. The van der Waals surface area contributed by atoms with Crippen molar-refractivity contribution in [3.63, 3.8) is 0 Å². The molecule has 1 amide bonds. The summed E-state index contributed by atoms with van der Waals surface area (Å²) >= 11 is 0. The van der Waals surface area contributed by atoms with Gasteiger partial charge in [-0.3, -0.25) is 14.6 Å². The third-order valence-electron chi connectivity index (χ3n) is 2.84. The lowest BCUT2D eigenvalue weighted by Gasteiger charge is -2.01. The molecule has 0 spiro atoms. The van der Waals surface area contributed by atoms with Crippen molar-refractivity contribution < 1.29 is 4.79 Å². The number of nitrogens with zero attached hydrogens (tertiary/aromatic N) is 3. The lowest BCUT2D eigenvalue weighted by atomic mass is 10.2. The molecule has 0 radical (unpaired) electrons. The van der Waals surface area contributed by atoms with Crippen molar-refractivity contribution in [2.75, 3.05) is 5.32 Å². The van der Waals surface area contributed by atoms with Crippen molar-refractivity contribution in [2.45, 2.75) is 6.54 Å². The van der Waals surface area contributed by atoms with Crippen LogP contribution in [0.25, 0.3) is 0 Å². The van der Waals surface area contributed by atoms with Crippen LogP contribution in [0.5, 0.6) is 0 Å². The van der Waals surface area contributed by atoms with Crippen molar-refractivity contribution in [1.82, 2.24) is 20.0 Å². The number of hydrogen-bond donors (Lipinski definition) is 2. The molecule has 100 valence electrons. The Bertz CT molecular complexity index is 687. The van der Waals surface area contributed by atoms with Gasteiger partial charge in [0.05, 0.1) is 30.2 Å². The number of aromatic nitrogens is 4. The minimum absolute atomic E-state index is 0.210. The minimum Gasteiger partial charge on any atom is -0.319 e. The van der Waals surface area contributed by atoms with Gasteiger partial charge >= 0.3 is 0 Å². The molecule has 2 N–H and O–H groups in total. The molecule has 1 aromatic carbocycles. The third kappa shape index (κ3) is 2.74. The van der Waals surface area contributed by atoms with Gasteiger partial charge in [0.1, 0.15) is 0 Å². The van der Waals surface area contributed by atoms with E-state index >= 15 is 0 Å². The molecule has 0 unspecified atom stereocenters. The molecular weight excluding hydrogens is 254 g/mol. The van der Waals surface area contributed by atoms with Gasteiger partial charge in [-0.05, 0) is 5.56 Å². The Balaban J connectivity index is 1.67. The average Bonchev–Trinajstić information content (AvgIpc) is 3.11. The van der Waals surface area contributed by atoms with Crippen LogP contribution in [-0.2, 0) is 6.54 Å². The molecule has 20 heavy (non-hydrogen) atoms. The summed E-state index contributed by atoms with van der Waals surface area (Å²) in [5.41, 5.74) is 2.30. The van der Waals surface area contributed by atoms with Crippen LogP contribution in [0.15, 0.2) is 55.1 Å². The number of carbonyl (C=O) groups is 1. The van der Waals surface area contributed by atoms with Crippen LogP contribution >= 0.6 is 0 Å². The van der Waals surface area contributed by atoms with E-state index in [1.54, 1.807) is 23.3 Å². The van der Waals surface area contributed by atoms with E-state index in [0.29, 0.717) is 17.8 Å². The maximum absolute atomic E-state index is 11.8. The number of carbonyl (C=O) groups excluding carboxylic acids is 1. The summed E-state index contributed by atoms with van der Waals surface area (Å²) in [6, 6.07) is 10.0. The van der Waals surface area contributed by atoms with Gasteiger partial charge in [0.25, 0.3) is 5.91 Å². The fourth-order valence-corrected chi connectivity index (χ4v) is 1.86. The monoisotopic (exact) mass is 267 g/mol. The van der Waals surface area contributed by atoms with Crippen LogP contribution in [0.1, 0.15) is 15.9 Å². The smallest absolute Gasteiger partial charge is 0.258 e. The first kappa shape index (κ1) is 12.2. The van der Waals surface area contributed by atoms with Crippen molar-refractivity contribution in [2.24, 2.45) is 0 Å². The lowest BCUT2D eigenvalue weighted by Crippen LogP contribution is -2.10. The number of anilines is 1. The van der Waals surface area contributed by atoms with Crippen LogP contribution in [0.3, 0.4) is 0 Å². The Morgan fingerprint density at radius 3 is 2.85 bits per heavy atom. The molecule has 0 saturated heterocycles. The highest BCUT2D eigenvalue weighted by atomic mass is 16.1. The van der Waals surface area contributed by atoms with Crippen LogP contribution in [0.4, 0.5) is 5.69 Å². The number of amides is 1. The standard InChI is InChI=1S/C14H13N5O/c20-14(12-6-15-16-7-12)18-13-8-17-19(10-13)9-11-4-2-1-3-5-11/h1-8,10H,9H2,(H,15,16)(H,18,20).